The van der Waals surface area contributed by atoms with Crippen molar-refractivity contribution in [3.05, 3.63) is 83.4 Å². The number of aliphatic imine (C=N–C) groups is 1. The van der Waals surface area contributed by atoms with Gasteiger partial charge < -0.3 is 14.8 Å². The van der Waals surface area contributed by atoms with Gasteiger partial charge in [-0.2, -0.15) is 0 Å². The van der Waals surface area contributed by atoms with Crippen molar-refractivity contribution in [1.82, 2.24) is 4.90 Å². The molecule has 5 rings (SSSR count). The maximum atomic E-state index is 13.2. The lowest BCUT2D eigenvalue weighted by Crippen LogP contribution is -2.44. The molecule has 3 aromatic carbocycles. The summed E-state index contributed by atoms with van der Waals surface area (Å²) in [6.07, 6.45) is 0.0580. The fraction of sp³-hybridized carbons (Fsp3) is 0.160. The molecule has 2 aliphatic rings. The van der Waals surface area contributed by atoms with Crippen LogP contribution >= 0.6 is 23.4 Å². The molecule has 2 heterocycles. The van der Waals surface area contributed by atoms with Crippen molar-refractivity contribution < 1.29 is 19.1 Å². The van der Waals surface area contributed by atoms with E-state index in [-0.39, 0.29) is 25.0 Å². The van der Waals surface area contributed by atoms with Crippen LogP contribution in [0.15, 0.2) is 77.8 Å². The average Bonchev–Trinajstić information content (AvgIpc) is 3.31. The topological polar surface area (TPSA) is 80.2 Å². The highest BCUT2D eigenvalue weighted by molar-refractivity contribution is 8.15. The Bertz CT molecular complexity index is 1250. The Kier molecular flexibility index (Phi) is 6.42. The fourth-order valence-electron chi connectivity index (χ4n) is 3.59. The van der Waals surface area contributed by atoms with E-state index >= 15 is 0 Å². The predicted molar refractivity (Wildman–Crippen MR) is 133 cm³/mol. The van der Waals surface area contributed by atoms with E-state index in [1.807, 2.05) is 48.5 Å². The van der Waals surface area contributed by atoms with E-state index in [9.17, 15) is 9.59 Å². The number of fused-ring (bicyclic) bond motifs is 1. The highest BCUT2D eigenvalue weighted by Crippen LogP contribution is 2.35. The number of anilines is 1. The van der Waals surface area contributed by atoms with Gasteiger partial charge in [-0.3, -0.25) is 14.5 Å². The third-order valence-electron chi connectivity index (χ3n) is 5.30. The third-order valence-corrected chi connectivity index (χ3v) is 6.74. The molecule has 0 spiro atoms. The molecule has 1 N–H and O–H groups in total. The molecule has 1 saturated heterocycles. The molecule has 0 aliphatic carbocycles. The van der Waals surface area contributed by atoms with Crippen LogP contribution in [0.5, 0.6) is 11.5 Å². The van der Waals surface area contributed by atoms with Gasteiger partial charge in [0, 0.05) is 17.1 Å². The lowest BCUT2D eigenvalue weighted by atomic mass is 10.1. The molecular weight excluding hydrogens is 474 g/mol. The van der Waals surface area contributed by atoms with Gasteiger partial charge in [-0.1, -0.05) is 47.6 Å². The largest absolute Gasteiger partial charge is 0.454 e. The molecule has 9 heteroatoms. The SMILES string of the molecule is O=C(Nc1ccc(Cl)cc1)[C@@H]1CC(=O)N(Cc2ccc3c(c2)OCO3)C(=Nc2ccccc2)S1. The second-order valence-corrected chi connectivity index (χ2v) is 9.31. The minimum Gasteiger partial charge on any atom is -0.454 e. The van der Waals surface area contributed by atoms with Gasteiger partial charge in [-0.05, 0) is 54.1 Å². The summed E-state index contributed by atoms with van der Waals surface area (Å²) in [6, 6.07) is 21.8. The number of benzene rings is 3. The Morgan fingerprint density at radius 1 is 1.06 bits per heavy atom. The zero-order valence-corrected chi connectivity index (χ0v) is 19.5. The number of rotatable bonds is 5. The number of amides is 2. The van der Waals surface area contributed by atoms with Crippen molar-refractivity contribution in [1.29, 1.82) is 0 Å². The summed E-state index contributed by atoms with van der Waals surface area (Å²) in [7, 11) is 0. The Morgan fingerprint density at radius 3 is 2.62 bits per heavy atom. The van der Waals surface area contributed by atoms with E-state index in [0.29, 0.717) is 39.6 Å². The van der Waals surface area contributed by atoms with Crippen LogP contribution in [-0.2, 0) is 16.1 Å². The number of halogens is 1. The van der Waals surface area contributed by atoms with E-state index in [4.69, 9.17) is 26.1 Å². The molecule has 3 aromatic rings. The van der Waals surface area contributed by atoms with Gasteiger partial charge in [0.15, 0.2) is 16.7 Å². The summed E-state index contributed by atoms with van der Waals surface area (Å²) in [5.41, 5.74) is 2.20. The molecule has 2 aliphatic heterocycles. The van der Waals surface area contributed by atoms with Crippen LogP contribution in [0.3, 0.4) is 0 Å². The number of hydrogen-bond acceptors (Lipinski definition) is 6. The van der Waals surface area contributed by atoms with E-state index in [0.717, 1.165) is 5.56 Å². The van der Waals surface area contributed by atoms with E-state index < -0.39 is 5.25 Å². The molecule has 0 aromatic heterocycles. The molecule has 0 unspecified atom stereocenters. The summed E-state index contributed by atoms with van der Waals surface area (Å²) in [5.74, 6) is 0.892. The maximum absolute atomic E-state index is 13.2. The molecule has 0 saturated carbocycles. The van der Waals surface area contributed by atoms with E-state index in [1.54, 1.807) is 29.2 Å². The lowest BCUT2D eigenvalue weighted by molar-refractivity contribution is -0.129. The summed E-state index contributed by atoms with van der Waals surface area (Å²) in [6.45, 7) is 0.488. The molecule has 1 atom stereocenters. The number of amidine groups is 1. The molecule has 7 nitrogen and oxygen atoms in total. The van der Waals surface area contributed by atoms with Crippen molar-refractivity contribution in [2.24, 2.45) is 4.99 Å². The number of hydrogen-bond donors (Lipinski definition) is 1. The van der Waals surface area contributed by atoms with Gasteiger partial charge in [0.2, 0.25) is 18.6 Å². The number of nitrogens with zero attached hydrogens (tertiary/aromatic N) is 2. The van der Waals surface area contributed by atoms with Crippen LogP contribution in [-0.4, -0.2) is 33.9 Å². The average molecular weight is 494 g/mol. The quantitative estimate of drug-likeness (QED) is 0.526. The Morgan fingerprint density at radius 2 is 1.82 bits per heavy atom. The molecule has 0 radical (unpaired) electrons. The van der Waals surface area contributed by atoms with Crippen LogP contribution in [0.1, 0.15) is 12.0 Å². The smallest absolute Gasteiger partial charge is 0.238 e. The zero-order valence-electron chi connectivity index (χ0n) is 17.9. The molecule has 34 heavy (non-hydrogen) atoms. The maximum Gasteiger partial charge on any atom is 0.238 e. The first-order chi connectivity index (χ1) is 16.5. The molecule has 2 amide bonds. The van der Waals surface area contributed by atoms with Crippen LogP contribution < -0.4 is 14.8 Å². The highest BCUT2D eigenvalue weighted by atomic mass is 35.5. The van der Waals surface area contributed by atoms with Crippen molar-refractivity contribution in [2.45, 2.75) is 18.2 Å². The predicted octanol–water partition coefficient (Wildman–Crippen LogP) is 5.23. The monoisotopic (exact) mass is 493 g/mol. The van der Waals surface area contributed by atoms with Crippen molar-refractivity contribution >= 4 is 51.7 Å². The number of nitrogens with one attached hydrogen (secondary N) is 1. The Balaban J connectivity index is 1.39. The zero-order chi connectivity index (χ0) is 23.5. The summed E-state index contributed by atoms with van der Waals surface area (Å²) in [4.78, 5) is 32.5. The van der Waals surface area contributed by atoms with Crippen molar-refractivity contribution in [3.63, 3.8) is 0 Å². The minimum absolute atomic E-state index is 0.0580. The first-order valence-electron chi connectivity index (χ1n) is 10.6. The van der Waals surface area contributed by atoms with E-state index in [2.05, 4.69) is 5.32 Å². The molecule has 1 fully saturated rings. The van der Waals surface area contributed by atoms with Gasteiger partial charge in [0.1, 0.15) is 5.25 Å². The van der Waals surface area contributed by atoms with Crippen LogP contribution in [0.25, 0.3) is 0 Å². The second kappa shape index (κ2) is 9.79. The number of carbonyl (C=O) groups is 2. The van der Waals surface area contributed by atoms with Crippen molar-refractivity contribution in [3.8, 4) is 11.5 Å². The number of para-hydroxylation sites is 1. The normalized spacial score (nSPS) is 18.3. The standard InChI is InChI=1S/C25H20ClN3O4S/c26-17-7-9-19(10-8-17)27-24(31)22-13-23(30)29(25(34-22)28-18-4-2-1-3-5-18)14-16-6-11-20-21(12-16)33-15-32-20/h1-12,22H,13-15H2,(H,27,31)/t22-/m0/s1. The van der Waals surface area contributed by atoms with Gasteiger partial charge in [-0.25, -0.2) is 4.99 Å². The minimum atomic E-state index is -0.612. The van der Waals surface area contributed by atoms with Gasteiger partial charge in [0.05, 0.1) is 12.2 Å². The summed E-state index contributed by atoms with van der Waals surface area (Å²) >= 11 is 7.20. The van der Waals surface area contributed by atoms with Gasteiger partial charge in [0.25, 0.3) is 0 Å². The highest BCUT2D eigenvalue weighted by Gasteiger charge is 2.36. The van der Waals surface area contributed by atoms with E-state index in [1.165, 1.54) is 11.8 Å². The van der Waals surface area contributed by atoms with Gasteiger partial charge >= 0.3 is 0 Å². The number of thioether (sulfide) groups is 1. The van der Waals surface area contributed by atoms with Gasteiger partial charge in [-0.15, -0.1) is 0 Å². The number of ether oxygens (including phenoxy) is 2. The van der Waals surface area contributed by atoms with Crippen molar-refractivity contribution in [2.75, 3.05) is 12.1 Å². The second-order valence-electron chi connectivity index (χ2n) is 7.70. The summed E-state index contributed by atoms with van der Waals surface area (Å²) in [5, 5.41) is 3.30. The first kappa shape index (κ1) is 22.3. The molecule has 172 valence electrons. The van der Waals surface area contributed by atoms with Crippen LogP contribution in [0.2, 0.25) is 5.02 Å². The number of carbonyl (C=O) groups excluding carboxylic acids is 2. The fourth-order valence-corrected chi connectivity index (χ4v) is 4.81. The first-order valence-corrected chi connectivity index (χ1v) is 11.9. The van der Waals surface area contributed by atoms with Crippen LogP contribution in [0.4, 0.5) is 11.4 Å². The Hall–Kier alpha value is -3.49. The lowest BCUT2D eigenvalue weighted by Gasteiger charge is -2.32. The molecule has 0 bridgehead atoms. The Labute approximate surface area is 205 Å². The van der Waals surface area contributed by atoms with Crippen LogP contribution in [0, 0.1) is 0 Å². The molecular formula is C25H20ClN3O4S. The third kappa shape index (κ3) is 5.03. The summed E-state index contributed by atoms with van der Waals surface area (Å²) < 4.78 is 10.8.